The molecule has 0 saturated carbocycles. The van der Waals surface area contributed by atoms with Crippen molar-refractivity contribution in [2.24, 2.45) is 5.92 Å². The highest BCUT2D eigenvalue weighted by Crippen LogP contribution is 2.32. The fraction of sp³-hybridized carbons (Fsp3) is 0.297. The van der Waals surface area contributed by atoms with E-state index in [1.54, 1.807) is 42.5 Å². The van der Waals surface area contributed by atoms with Crippen molar-refractivity contribution in [2.75, 3.05) is 31.6 Å². The Morgan fingerprint density at radius 1 is 0.833 bits per heavy atom. The first-order valence-electron chi connectivity index (χ1n) is 15.6. The molecule has 1 N–H and O–H groups in total. The van der Waals surface area contributed by atoms with E-state index in [4.69, 9.17) is 21.1 Å². The van der Waals surface area contributed by atoms with Crippen LogP contribution in [0.25, 0.3) is 0 Å². The average Bonchev–Trinajstić information content (AvgIpc) is 3.08. The molecular weight excluding hydrogens is 650 g/mol. The minimum Gasteiger partial charge on any atom is -0.493 e. The number of benzene rings is 4. The lowest BCUT2D eigenvalue weighted by Crippen LogP contribution is -2.53. The van der Waals surface area contributed by atoms with E-state index in [2.05, 4.69) is 5.32 Å². The molecule has 0 aromatic heterocycles. The van der Waals surface area contributed by atoms with Gasteiger partial charge in [0, 0.05) is 30.6 Å². The lowest BCUT2D eigenvalue weighted by Gasteiger charge is -2.34. The number of rotatable bonds is 15. The molecule has 254 valence electrons. The molecule has 0 fully saturated rings. The number of halogens is 1. The first kappa shape index (κ1) is 36.3. The number of carbonyl (C=O) groups is 2. The van der Waals surface area contributed by atoms with Crippen LogP contribution in [0.15, 0.2) is 102 Å². The third kappa shape index (κ3) is 9.29. The fourth-order valence-corrected chi connectivity index (χ4v) is 6.80. The molecule has 0 unspecified atom stereocenters. The molecule has 4 aromatic rings. The number of amides is 2. The molecule has 4 rings (SSSR count). The number of hydrogen-bond acceptors (Lipinski definition) is 6. The molecule has 11 heteroatoms. The first-order chi connectivity index (χ1) is 22.9. The Morgan fingerprint density at radius 2 is 1.50 bits per heavy atom. The van der Waals surface area contributed by atoms with E-state index < -0.39 is 28.5 Å². The molecule has 9 nitrogen and oxygen atoms in total. The monoisotopic (exact) mass is 691 g/mol. The van der Waals surface area contributed by atoms with Crippen molar-refractivity contribution >= 4 is 39.1 Å². The van der Waals surface area contributed by atoms with Crippen LogP contribution in [0.1, 0.15) is 30.5 Å². The Kier molecular flexibility index (Phi) is 12.5. The van der Waals surface area contributed by atoms with E-state index in [0.29, 0.717) is 22.9 Å². The predicted octanol–water partition coefficient (Wildman–Crippen LogP) is 6.27. The molecule has 48 heavy (non-hydrogen) atoms. The SMILES string of the molecule is COc1ccc(S(=O)(=O)N(CC(=O)N(Cc2cccc(Cl)c2)[C@H](Cc2ccccc2)C(=O)NCC(C)C)c2ccc(C)cc2)cc1OC. The van der Waals surface area contributed by atoms with Crippen molar-refractivity contribution in [1.29, 1.82) is 0 Å². The molecule has 0 aliphatic heterocycles. The van der Waals surface area contributed by atoms with Gasteiger partial charge in [-0.2, -0.15) is 0 Å². The topological polar surface area (TPSA) is 105 Å². The van der Waals surface area contributed by atoms with E-state index in [-0.39, 0.29) is 41.1 Å². The summed E-state index contributed by atoms with van der Waals surface area (Å²) in [5.41, 5.74) is 2.74. The second-order valence-corrected chi connectivity index (χ2v) is 14.2. The maximum Gasteiger partial charge on any atom is 0.264 e. The summed E-state index contributed by atoms with van der Waals surface area (Å²) in [5.74, 6) is -0.153. The molecule has 0 saturated heterocycles. The van der Waals surface area contributed by atoms with Crippen LogP contribution in [0, 0.1) is 12.8 Å². The van der Waals surface area contributed by atoms with Crippen molar-refractivity contribution in [2.45, 2.75) is 44.7 Å². The summed E-state index contributed by atoms with van der Waals surface area (Å²) in [5, 5.41) is 3.46. The van der Waals surface area contributed by atoms with Gasteiger partial charge in [-0.25, -0.2) is 8.42 Å². The highest BCUT2D eigenvalue weighted by Gasteiger charge is 2.35. The molecule has 1 atom stereocenters. The van der Waals surface area contributed by atoms with Gasteiger partial charge < -0.3 is 19.7 Å². The zero-order valence-electron chi connectivity index (χ0n) is 27.9. The molecular formula is C37H42ClN3O6S. The molecule has 0 aliphatic carbocycles. The highest BCUT2D eigenvalue weighted by molar-refractivity contribution is 7.92. The zero-order chi connectivity index (χ0) is 34.8. The van der Waals surface area contributed by atoms with Crippen molar-refractivity contribution in [3.63, 3.8) is 0 Å². The summed E-state index contributed by atoms with van der Waals surface area (Å²) in [7, 11) is -1.45. The highest BCUT2D eigenvalue weighted by atomic mass is 35.5. The first-order valence-corrected chi connectivity index (χ1v) is 17.4. The van der Waals surface area contributed by atoms with Gasteiger partial charge >= 0.3 is 0 Å². The summed E-state index contributed by atoms with van der Waals surface area (Å²) >= 11 is 6.33. The third-order valence-corrected chi connectivity index (χ3v) is 9.75. The van der Waals surface area contributed by atoms with Gasteiger partial charge in [-0.3, -0.25) is 13.9 Å². The summed E-state index contributed by atoms with van der Waals surface area (Å²) in [6.07, 6.45) is 0.212. The number of methoxy groups -OCH3 is 2. The minimum absolute atomic E-state index is 0.0180. The molecule has 0 aliphatic rings. The molecule has 0 bridgehead atoms. The van der Waals surface area contributed by atoms with Crippen LogP contribution in [0.4, 0.5) is 5.69 Å². The van der Waals surface area contributed by atoms with Crippen LogP contribution in [0.3, 0.4) is 0 Å². The smallest absolute Gasteiger partial charge is 0.264 e. The summed E-state index contributed by atoms with van der Waals surface area (Å²) in [4.78, 5) is 29.9. The Labute approximate surface area is 288 Å². The maximum atomic E-state index is 14.6. The number of ether oxygens (including phenoxy) is 2. The van der Waals surface area contributed by atoms with Crippen LogP contribution in [0.2, 0.25) is 5.02 Å². The lowest BCUT2D eigenvalue weighted by atomic mass is 10.0. The number of sulfonamides is 1. The Balaban J connectivity index is 1.82. The lowest BCUT2D eigenvalue weighted by molar-refractivity contribution is -0.140. The van der Waals surface area contributed by atoms with Crippen molar-refractivity contribution in [3.8, 4) is 11.5 Å². The largest absolute Gasteiger partial charge is 0.493 e. The van der Waals surface area contributed by atoms with Crippen LogP contribution in [-0.4, -0.2) is 58.5 Å². The van der Waals surface area contributed by atoms with Crippen molar-refractivity contribution in [1.82, 2.24) is 10.2 Å². The molecule has 0 heterocycles. The third-order valence-electron chi connectivity index (χ3n) is 7.74. The number of hydrogen-bond donors (Lipinski definition) is 1. The number of aryl methyl sites for hydroxylation is 1. The Bertz CT molecular complexity index is 1800. The molecule has 0 spiro atoms. The molecule has 4 aromatic carbocycles. The Morgan fingerprint density at radius 3 is 2.12 bits per heavy atom. The Hall–Kier alpha value is -4.54. The van der Waals surface area contributed by atoms with Crippen LogP contribution in [-0.2, 0) is 32.6 Å². The second-order valence-electron chi connectivity index (χ2n) is 11.9. The predicted molar refractivity (Wildman–Crippen MR) is 189 cm³/mol. The quantitative estimate of drug-likeness (QED) is 0.158. The van der Waals surface area contributed by atoms with E-state index in [1.807, 2.05) is 57.2 Å². The normalized spacial score (nSPS) is 11.9. The summed E-state index contributed by atoms with van der Waals surface area (Å²) in [6.45, 7) is 5.71. The van der Waals surface area contributed by atoms with Gasteiger partial charge in [0.15, 0.2) is 11.5 Å². The van der Waals surface area contributed by atoms with Gasteiger partial charge in [-0.05, 0) is 60.4 Å². The second kappa shape index (κ2) is 16.5. The van der Waals surface area contributed by atoms with Crippen molar-refractivity contribution < 1.29 is 27.5 Å². The zero-order valence-corrected chi connectivity index (χ0v) is 29.4. The van der Waals surface area contributed by atoms with Gasteiger partial charge in [0.1, 0.15) is 12.6 Å². The number of nitrogens with one attached hydrogen (secondary N) is 1. The summed E-state index contributed by atoms with van der Waals surface area (Å²) in [6, 6.07) is 26.6. The van der Waals surface area contributed by atoms with E-state index >= 15 is 0 Å². The molecule has 2 amide bonds. The number of anilines is 1. The summed E-state index contributed by atoms with van der Waals surface area (Å²) < 4.78 is 40.5. The van der Waals surface area contributed by atoms with Gasteiger partial charge in [0.25, 0.3) is 10.0 Å². The van der Waals surface area contributed by atoms with E-state index in [9.17, 15) is 18.0 Å². The maximum absolute atomic E-state index is 14.6. The van der Waals surface area contributed by atoms with Crippen LogP contribution < -0.4 is 19.1 Å². The van der Waals surface area contributed by atoms with Gasteiger partial charge in [0.2, 0.25) is 11.8 Å². The van der Waals surface area contributed by atoms with Crippen LogP contribution in [0.5, 0.6) is 11.5 Å². The standard InChI is InChI=1S/C37H42ClN3O6S/c1-26(2)23-39-37(43)33(21-28-10-7-6-8-11-28)40(24-29-12-9-13-30(38)20-29)36(42)25-41(31-16-14-27(3)15-17-31)48(44,45)32-18-19-34(46-4)35(22-32)47-5/h6-20,22,26,33H,21,23-25H2,1-5H3,(H,39,43)/t33-/m1/s1. The van der Waals surface area contributed by atoms with Gasteiger partial charge in [-0.1, -0.05) is 85.6 Å². The number of carbonyl (C=O) groups excluding carboxylic acids is 2. The number of nitrogens with zero attached hydrogens (tertiary/aromatic N) is 2. The van der Waals surface area contributed by atoms with Crippen LogP contribution >= 0.6 is 11.6 Å². The van der Waals surface area contributed by atoms with E-state index in [0.717, 1.165) is 15.4 Å². The van der Waals surface area contributed by atoms with E-state index in [1.165, 1.54) is 37.3 Å². The average molecular weight is 692 g/mol. The minimum atomic E-state index is -4.33. The molecule has 0 radical (unpaired) electrons. The fourth-order valence-electron chi connectivity index (χ4n) is 5.15. The van der Waals surface area contributed by atoms with Gasteiger partial charge in [0.05, 0.1) is 24.8 Å². The van der Waals surface area contributed by atoms with Gasteiger partial charge in [-0.15, -0.1) is 0 Å². The van der Waals surface area contributed by atoms with Crippen molar-refractivity contribution in [3.05, 3.63) is 119 Å².